The van der Waals surface area contributed by atoms with Crippen molar-refractivity contribution in [2.45, 2.75) is 19.8 Å². The van der Waals surface area contributed by atoms with Crippen molar-refractivity contribution in [2.24, 2.45) is 0 Å². The molecule has 4 rings (SSSR count). The Balaban J connectivity index is 1.66. The standard InChI is InChI=1S/C22H25N5O5/c1-13(2)16-11-17(19(29)12-18(16)28)20-23-24-21(30)27(20)15-5-3-14(4-6-15)25-7-9-26(10-8-25)22(31)32/h3-6,11-13,28-29H,7-10H2,1-2H3,(H,24,30)(H,31,32). The lowest BCUT2D eigenvalue weighted by molar-refractivity contribution is 0.142. The first kappa shape index (κ1) is 21.3. The van der Waals surface area contributed by atoms with Gasteiger partial charge in [0, 0.05) is 37.9 Å². The Labute approximate surface area is 184 Å². The second-order valence-corrected chi connectivity index (χ2v) is 8.04. The van der Waals surface area contributed by atoms with Gasteiger partial charge in [-0.1, -0.05) is 13.8 Å². The van der Waals surface area contributed by atoms with Gasteiger partial charge in [-0.2, -0.15) is 5.10 Å². The lowest BCUT2D eigenvalue weighted by Gasteiger charge is -2.34. The average molecular weight is 439 g/mol. The monoisotopic (exact) mass is 439 g/mol. The van der Waals surface area contributed by atoms with E-state index in [-0.39, 0.29) is 23.2 Å². The van der Waals surface area contributed by atoms with Crippen LogP contribution in [0.1, 0.15) is 25.3 Å². The topological polar surface area (TPSA) is 135 Å². The maximum Gasteiger partial charge on any atom is 0.407 e. The van der Waals surface area contributed by atoms with Gasteiger partial charge in [0.1, 0.15) is 11.5 Å². The lowest BCUT2D eigenvalue weighted by Crippen LogP contribution is -2.48. The number of aromatic amines is 1. The first-order valence-electron chi connectivity index (χ1n) is 10.3. The number of benzene rings is 2. The number of piperazine rings is 1. The minimum atomic E-state index is -0.912. The summed E-state index contributed by atoms with van der Waals surface area (Å²) in [4.78, 5) is 27.1. The van der Waals surface area contributed by atoms with Gasteiger partial charge in [-0.05, 0) is 41.8 Å². The number of nitrogens with one attached hydrogen (secondary N) is 1. The summed E-state index contributed by atoms with van der Waals surface area (Å²) in [6.45, 7) is 5.87. The Morgan fingerprint density at radius 3 is 2.22 bits per heavy atom. The number of H-pyrrole nitrogens is 1. The smallest absolute Gasteiger partial charge is 0.407 e. The number of anilines is 1. The molecule has 1 aromatic heterocycles. The predicted molar refractivity (Wildman–Crippen MR) is 119 cm³/mol. The molecule has 2 aromatic carbocycles. The van der Waals surface area contributed by atoms with Gasteiger partial charge < -0.3 is 25.1 Å². The molecule has 0 radical (unpaired) electrons. The fourth-order valence-electron chi connectivity index (χ4n) is 3.92. The van der Waals surface area contributed by atoms with Gasteiger partial charge in [0.05, 0.1) is 11.3 Å². The second kappa shape index (κ2) is 8.29. The number of rotatable bonds is 4. The Morgan fingerprint density at radius 2 is 1.62 bits per heavy atom. The molecule has 0 aliphatic carbocycles. The van der Waals surface area contributed by atoms with Gasteiger partial charge in [-0.15, -0.1) is 0 Å². The third-order valence-corrected chi connectivity index (χ3v) is 5.70. The van der Waals surface area contributed by atoms with Crippen molar-refractivity contribution in [1.29, 1.82) is 0 Å². The molecule has 4 N–H and O–H groups in total. The van der Waals surface area contributed by atoms with Crippen LogP contribution in [0.15, 0.2) is 41.2 Å². The van der Waals surface area contributed by atoms with Gasteiger partial charge in [-0.3, -0.25) is 0 Å². The van der Waals surface area contributed by atoms with Crippen LogP contribution >= 0.6 is 0 Å². The van der Waals surface area contributed by atoms with Crippen LogP contribution in [0.4, 0.5) is 10.5 Å². The average Bonchev–Trinajstić information content (AvgIpc) is 3.14. The fourth-order valence-corrected chi connectivity index (χ4v) is 3.92. The summed E-state index contributed by atoms with van der Waals surface area (Å²) in [7, 11) is 0. The first-order chi connectivity index (χ1) is 15.3. The van der Waals surface area contributed by atoms with Crippen molar-refractivity contribution >= 4 is 11.8 Å². The Kier molecular flexibility index (Phi) is 5.52. The Morgan fingerprint density at radius 1 is 1.00 bits per heavy atom. The van der Waals surface area contributed by atoms with Crippen LogP contribution in [-0.2, 0) is 0 Å². The highest BCUT2D eigenvalue weighted by Crippen LogP contribution is 2.37. The molecule has 10 heteroatoms. The molecule has 0 spiro atoms. The van der Waals surface area contributed by atoms with E-state index < -0.39 is 11.8 Å². The molecule has 1 amide bonds. The zero-order valence-corrected chi connectivity index (χ0v) is 17.8. The van der Waals surface area contributed by atoms with Gasteiger partial charge in [0.2, 0.25) is 0 Å². The zero-order chi connectivity index (χ0) is 23.0. The number of aromatic hydroxyl groups is 2. The summed E-state index contributed by atoms with van der Waals surface area (Å²) in [6.07, 6.45) is -0.912. The molecule has 1 aliphatic rings. The lowest BCUT2D eigenvalue weighted by atomic mass is 9.98. The van der Waals surface area contributed by atoms with Crippen molar-refractivity contribution in [3.05, 3.63) is 52.4 Å². The molecule has 0 saturated carbocycles. The van der Waals surface area contributed by atoms with Crippen LogP contribution in [0.5, 0.6) is 11.5 Å². The summed E-state index contributed by atoms with van der Waals surface area (Å²) in [5.74, 6) is 0.0460. The summed E-state index contributed by atoms with van der Waals surface area (Å²) in [5.41, 5.74) is 1.99. The van der Waals surface area contributed by atoms with Gasteiger partial charge in [0.15, 0.2) is 5.82 Å². The Hall–Kier alpha value is -3.95. The molecule has 2 heterocycles. The molecule has 0 bridgehead atoms. The van der Waals surface area contributed by atoms with Gasteiger partial charge in [-0.25, -0.2) is 19.3 Å². The zero-order valence-electron chi connectivity index (χ0n) is 17.8. The number of carboxylic acid groups (broad SMARTS) is 1. The molecule has 10 nitrogen and oxygen atoms in total. The summed E-state index contributed by atoms with van der Waals surface area (Å²) in [5, 5.41) is 36.2. The minimum absolute atomic E-state index is 0.00865. The fraction of sp³-hybridized carbons (Fsp3) is 0.318. The SMILES string of the molecule is CC(C)c1cc(-c2n[nH]c(=O)n2-c2ccc(N3CCN(C(=O)O)CC3)cc2)c(O)cc1O. The number of phenolic OH excluding ortho intramolecular Hbond substituents is 2. The number of amides is 1. The van der Waals surface area contributed by atoms with Crippen molar-refractivity contribution < 1.29 is 20.1 Å². The maximum atomic E-state index is 12.5. The molecule has 1 fully saturated rings. The van der Waals surface area contributed by atoms with Crippen LogP contribution in [0.3, 0.4) is 0 Å². The minimum Gasteiger partial charge on any atom is -0.508 e. The van der Waals surface area contributed by atoms with E-state index in [1.165, 1.54) is 15.5 Å². The van der Waals surface area contributed by atoms with Crippen molar-refractivity contribution in [3.8, 4) is 28.6 Å². The molecular weight excluding hydrogens is 414 g/mol. The highest BCUT2D eigenvalue weighted by atomic mass is 16.4. The van der Waals surface area contributed by atoms with Crippen LogP contribution in [0.2, 0.25) is 0 Å². The highest BCUT2D eigenvalue weighted by Gasteiger charge is 2.22. The molecule has 1 aliphatic heterocycles. The van der Waals surface area contributed by atoms with Crippen molar-refractivity contribution in [2.75, 3.05) is 31.1 Å². The van der Waals surface area contributed by atoms with Crippen molar-refractivity contribution in [1.82, 2.24) is 19.7 Å². The number of nitrogens with zero attached hydrogens (tertiary/aromatic N) is 4. The highest BCUT2D eigenvalue weighted by molar-refractivity contribution is 5.69. The van der Waals surface area contributed by atoms with Gasteiger partial charge in [0.25, 0.3) is 0 Å². The molecule has 0 unspecified atom stereocenters. The number of carbonyl (C=O) groups is 1. The van der Waals surface area contributed by atoms with Crippen LogP contribution < -0.4 is 10.6 Å². The second-order valence-electron chi connectivity index (χ2n) is 8.04. The maximum absolute atomic E-state index is 12.5. The van der Waals surface area contributed by atoms with E-state index in [1.54, 1.807) is 18.2 Å². The summed E-state index contributed by atoms with van der Waals surface area (Å²) in [6, 6.07) is 10.2. The largest absolute Gasteiger partial charge is 0.508 e. The Bertz CT molecular complexity index is 1190. The third-order valence-electron chi connectivity index (χ3n) is 5.70. The first-order valence-corrected chi connectivity index (χ1v) is 10.3. The molecule has 32 heavy (non-hydrogen) atoms. The molecule has 1 saturated heterocycles. The third kappa shape index (κ3) is 3.86. The van der Waals surface area contributed by atoms with E-state index >= 15 is 0 Å². The normalized spacial score (nSPS) is 14.2. The number of hydrogen-bond donors (Lipinski definition) is 4. The molecule has 168 valence electrons. The molecular formula is C22H25N5O5. The van der Waals surface area contributed by atoms with Crippen LogP contribution in [-0.4, -0.2) is 67.3 Å². The van der Waals surface area contributed by atoms with Gasteiger partial charge >= 0.3 is 11.8 Å². The van der Waals surface area contributed by atoms with E-state index in [4.69, 9.17) is 5.11 Å². The number of hydrogen-bond acceptors (Lipinski definition) is 6. The van der Waals surface area contributed by atoms with Crippen molar-refractivity contribution in [3.63, 3.8) is 0 Å². The summed E-state index contributed by atoms with van der Waals surface area (Å²) >= 11 is 0. The van der Waals surface area contributed by atoms with E-state index in [1.807, 2.05) is 26.0 Å². The van der Waals surface area contributed by atoms with E-state index in [9.17, 15) is 19.8 Å². The summed E-state index contributed by atoms with van der Waals surface area (Å²) < 4.78 is 1.36. The quantitative estimate of drug-likeness (QED) is 0.491. The van der Waals surface area contributed by atoms with E-state index in [2.05, 4.69) is 15.1 Å². The number of aromatic nitrogens is 3. The van der Waals surface area contributed by atoms with Crippen LogP contribution in [0, 0.1) is 0 Å². The van der Waals surface area contributed by atoms with E-state index in [0.29, 0.717) is 43.0 Å². The van der Waals surface area contributed by atoms with Crippen LogP contribution in [0.25, 0.3) is 17.1 Å². The predicted octanol–water partition coefficient (Wildman–Crippen LogP) is 2.56. The number of phenols is 2. The molecule has 3 aromatic rings. The molecule has 0 atom stereocenters. The van der Waals surface area contributed by atoms with E-state index in [0.717, 1.165) is 5.69 Å².